The molecule has 24 heavy (non-hydrogen) atoms. The molecule has 4 rings (SSSR count). The van der Waals surface area contributed by atoms with Gasteiger partial charge in [-0.05, 0) is 50.4 Å². The van der Waals surface area contributed by atoms with Crippen LogP contribution in [0.15, 0.2) is 46.9 Å². The summed E-state index contributed by atoms with van der Waals surface area (Å²) in [4.78, 5) is 15.3. The number of hydrogen-bond donors (Lipinski definition) is 1. The van der Waals surface area contributed by atoms with Crippen LogP contribution in [0.4, 0.5) is 0 Å². The van der Waals surface area contributed by atoms with Crippen LogP contribution < -0.4 is 5.32 Å². The third-order valence-electron chi connectivity index (χ3n) is 5.44. The molecule has 0 saturated carbocycles. The monoisotopic (exact) mass is 324 g/mol. The van der Waals surface area contributed by atoms with Gasteiger partial charge in [-0.15, -0.1) is 0 Å². The van der Waals surface area contributed by atoms with Crippen molar-refractivity contribution >= 4 is 5.91 Å². The second kappa shape index (κ2) is 6.44. The number of rotatable bonds is 4. The summed E-state index contributed by atoms with van der Waals surface area (Å²) < 4.78 is 5.55. The third-order valence-corrected chi connectivity index (χ3v) is 5.44. The molecule has 0 radical (unpaired) electrons. The zero-order valence-corrected chi connectivity index (χ0v) is 14.1. The summed E-state index contributed by atoms with van der Waals surface area (Å²) in [6.07, 6.45) is 3.23. The van der Waals surface area contributed by atoms with Crippen molar-refractivity contribution < 1.29 is 9.21 Å². The van der Waals surface area contributed by atoms with E-state index in [4.69, 9.17) is 4.42 Å². The van der Waals surface area contributed by atoms with Crippen molar-refractivity contribution in [2.75, 3.05) is 6.54 Å². The van der Waals surface area contributed by atoms with Crippen LogP contribution in [0.5, 0.6) is 0 Å². The van der Waals surface area contributed by atoms with Gasteiger partial charge in [-0.3, -0.25) is 9.69 Å². The second-order valence-electron chi connectivity index (χ2n) is 6.95. The first-order valence-electron chi connectivity index (χ1n) is 8.86. The predicted molar refractivity (Wildman–Crippen MR) is 92.3 cm³/mol. The molecule has 4 nitrogen and oxygen atoms in total. The molecule has 0 spiro atoms. The minimum atomic E-state index is 0.0776. The van der Waals surface area contributed by atoms with Gasteiger partial charge in [0.25, 0.3) is 0 Å². The van der Waals surface area contributed by atoms with Crippen LogP contribution in [0.1, 0.15) is 42.4 Å². The van der Waals surface area contributed by atoms with E-state index < -0.39 is 0 Å². The first kappa shape index (κ1) is 15.5. The number of benzene rings is 1. The molecular formula is C20H24N2O2. The Bertz CT molecular complexity index is 709. The standard InChI is InChI=1S/C20H24N2O2/c1-14-9-10-16(24-14)13-21-20(23)17-12-19(15-6-3-2-4-7-15)22-11-5-8-18(17)22/h2-4,6-7,9-10,17-19H,5,8,11-13H2,1H3,(H,21,23)/t17-,18+,19-/m1/s1. The predicted octanol–water partition coefficient (Wildman–Crippen LogP) is 3.43. The summed E-state index contributed by atoms with van der Waals surface area (Å²) in [5.74, 6) is 1.95. The first-order valence-corrected chi connectivity index (χ1v) is 8.86. The summed E-state index contributed by atoms with van der Waals surface area (Å²) in [6.45, 7) is 3.50. The second-order valence-corrected chi connectivity index (χ2v) is 6.95. The van der Waals surface area contributed by atoms with Crippen molar-refractivity contribution in [3.05, 3.63) is 59.5 Å². The number of nitrogens with one attached hydrogen (secondary N) is 1. The SMILES string of the molecule is Cc1ccc(CNC(=O)[C@@H]2C[C@H](c3ccccc3)N3CCC[C@@H]23)o1. The minimum absolute atomic E-state index is 0.0776. The Kier molecular flexibility index (Phi) is 4.15. The Morgan fingerprint density at radius 1 is 1.25 bits per heavy atom. The largest absolute Gasteiger partial charge is 0.465 e. The highest BCUT2D eigenvalue weighted by atomic mass is 16.3. The van der Waals surface area contributed by atoms with Crippen molar-refractivity contribution in [1.82, 2.24) is 10.2 Å². The van der Waals surface area contributed by atoms with Crippen LogP contribution in [0.3, 0.4) is 0 Å². The molecule has 4 heteroatoms. The summed E-state index contributed by atoms with van der Waals surface area (Å²) >= 11 is 0. The topological polar surface area (TPSA) is 45.5 Å². The van der Waals surface area contributed by atoms with Crippen LogP contribution in [-0.2, 0) is 11.3 Å². The van der Waals surface area contributed by atoms with Crippen molar-refractivity contribution in [2.24, 2.45) is 5.92 Å². The van der Waals surface area contributed by atoms with Crippen LogP contribution in [0, 0.1) is 12.8 Å². The van der Waals surface area contributed by atoms with Gasteiger partial charge in [-0.2, -0.15) is 0 Å². The fraction of sp³-hybridized carbons (Fsp3) is 0.450. The van der Waals surface area contributed by atoms with Gasteiger partial charge in [-0.25, -0.2) is 0 Å². The number of aryl methyl sites for hydroxylation is 1. The highest BCUT2D eigenvalue weighted by Crippen LogP contribution is 2.44. The lowest BCUT2D eigenvalue weighted by Gasteiger charge is -2.24. The number of amides is 1. The number of fused-ring (bicyclic) bond motifs is 1. The van der Waals surface area contributed by atoms with Crippen LogP contribution in [-0.4, -0.2) is 23.4 Å². The van der Waals surface area contributed by atoms with Gasteiger partial charge < -0.3 is 9.73 Å². The molecule has 2 aromatic rings. The molecule has 126 valence electrons. The zero-order valence-electron chi connectivity index (χ0n) is 14.1. The molecule has 1 N–H and O–H groups in total. The van der Waals surface area contributed by atoms with Crippen LogP contribution in [0.2, 0.25) is 0 Å². The van der Waals surface area contributed by atoms with E-state index >= 15 is 0 Å². The average molecular weight is 324 g/mol. The van der Waals surface area contributed by atoms with E-state index in [0.29, 0.717) is 18.6 Å². The van der Waals surface area contributed by atoms with E-state index in [1.54, 1.807) is 0 Å². The summed E-state index contributed by atoms with van der Waals surface area (Å²) in [5.41, 5.74) is 1.33. The maximum Gasteiger partial charge on any atom is 0.225 e. The Labute approximate surface area is 142 Å². The first-order chi connectivity index (χ1) is 11.7. The molecule has 0 aliphatic carbocycles. The van der Waals surface area contributed by atoms with Gasteiger partial charge in [0.15, 0.2) is 0 Å². The van der Waals surface area contributed by atoms with Crippen molar-refractivity contribution in [3.8, 4) is 0 Å². The minimum Gasteiger partial charge on any atom is -0.465 e. The quantitative estimate of drug-likeness (QED) is 0.937. The number of hydrogen-bond acceptors (Lipinski definition) is 3. The highest BCUT2D eigenvalue weighted by molar-refractivity contribution is 5.80. The molecular weight excluding hydrogens is 300 g/mol. The number of furan rings is 1. The van der Waals surface area contributed by atoms with Crippen LogP contribution >= 0.6 is 0 Å². The molecule has 2 saturated heterocycles. The maximum atomic E-state index is 12.8. The summed E-state index contributed by atoms with van der Waals surface area (Å²) in [5, 5.41) is 3.08. The Morgan fingerprint density at radius 3 is 2.83 bits per heavy atom. The molecule has 1 aromatic carbocycles. The normalized spacial score (nSPS) is 26.5. The van der Waals surface area contributed by atoms with E-state index in [1.165, 1.54) is 12.0 Å². The molecule has 1 amide bonds. The number of carbonyl (C=O) groups is 1. The van der Waals surface area contributed by atoms with Gasteiger partial charge in [0, 0.05) is 12.1 Å². The molecule has 2 aliphatic rings. The van der Waals surface area contributed by atoms with E-state index in [0.717, 1.165) is 30.9 Å². The molecule has 2 fully saturated rings. The van der Waals surface area contributed by atoms with Gasteiger partial charge in [0.05, 0.1) is 12.5 Å². The Balaban J connectivity index is 1.46. The van der Waals surface area contributed by atoms with E-state index in [2.05, 4.69) is 40.5 Å². The molecule has 3 atom stereocenters. The molecule has 0 bridgehead atoms. The third kappa shape index (κ3) is 2.86. The average Bonchev–Trinajstić information content (AvgIpc) is 3.29. The molecule has 1 aromatic heterocycles. The van der Waals surface area contributed by atoms with Crippen molar-refractivity contribution in [3.63, 3.8) is 0 Å². The van der Waals surface area contributed by atoms with Gasteiger partial charge >= 0.3 is 0 Å². The van der Waals surface area contributed by atoms with E-state index in [-0.39, 0.29) is 11.8 Å². The lowest BCUT2D eigenvalue weighted by molar-refractivity contribution is -0.125. The van der Waals surface area contributed by atoms with Gasteiger partial charge in [0.2, 0.25) is 5.91 Å². The fourth-order valence-electron chi connectivity index (χ4n) is 4.34. The summed E-state index contributed by atoms with van der Waals surface area (Å²) in [7, 11) is 0. The van der Waals surface area contributed by atoms with Crippen LogP contribution in [0.25, 0.3) is 0 Å². The summed E-state index contributed by atoms with van der Waals surface area (Å²) in [6, 6.07) is 15.2. The Morgan fingerprint density at radius 2 is 2.08 bits per heavy atom. The van der Waals surface area contributed by atoms with Crippen molar-refractivity contribution in [2.45, 2.75) is 44.8 Å². The van der Waals surface area contributed by atoms with E-state index in [9.17, 15) is 4.79 Å². The lowest BCUT2D eigenvalue weighted by Crippen LogP contribution is -2.37. The number of carbonyl (C=O) groups excluding carboxylic acids is 1. The lowest BCUT2D eigenvalue weighted by atomic mass is 9.93. The number of nitrogens with zero attached hydrogens (tertiary/aromatic N) is 1. The smallest absolute Gasteiger partial charge is 0.225 e. The van der Waals surface area contributed by atoms with E-state index in [1.807, 2.05) is 19.1 Å². The zero-order chi connectivity index (χ0) is 16.5. The Hall–Kier alpha value is -2.07. The van der Waals surface area contributed by atoms with Gasteiger partial charge in [0.1, 0.15) is 11.5 Å². The maximum absolute atomic E-state index is 12.8. The molecule has 3 heterocycles. The molecule has 2 aliphatic heterocycles. The highest BCUT2D eigenvalue weighted by Gasteiger charge is 2.46. The van der Waals surface area contributed by atoms with Gasteiger partial charge in [-0.1, -0.05) is 30.3 Å². The van der Waals surface area contributed by atoms with Crippen molar-refractivity contribution in [1.29, 1.82) is 0 Å². The molecule has 0 unspecified atom stereocenters. The fourth-order valence-corrected chi connectivity index (χ4v) is 4.34.